The molecule has 1 aromatic rings. The van der Waals surface area contributed by atoms with E-state index in [1.165, 1.54) is 5.69 Å². The molecule has 1 aliphatic heterocycles. The van der Waals surface area contributed by atoms with Crippen molar-refractivity contribution in [3.8, 4) is 0 Å². The number of rotatable bonds is 6. The molecule has 6 heteroatoms. The molecule has 1 N–H and O–H groups in total. The summed E-state index contributed by atoms with van der Waals surface area (Å²) in [6.07, 6.45) is 0. The Balaban J connectivity index is 0.00000220. The summed E-state index contributed by atoms with van der Waals surface area (Å²) in [7, 11) is 0. The second-order valence-electron chi connectivity index (χ2n) is 5.22. The van der Waals surface area contributed by atoms with Gasteiger partial charge < -0.3 is 10.2 Å². The zero-order chi connectivity index (χ0) is 14.4. The third-order valence-electron chi connectivity index (χ3n) is 4.14. The number of anilines is 1. The average Bonchev–Trinajstić information content (AvgIpc) is 2.52. The summed E-state index contributed by atoms with van der Waals surface area (Å²) >= 11 is 0. The van der Waals surface area contributed by atoms with Crippen molar-refractivity contribution >= 4 is 30.5 Å². The molecule has 0 saturated carbocycles. The van der Waals surface area contributed by atoms with Crippen molar-refractivity contribution in [2.75, 3.05) is 50.8 Å². The SMILES string of the molecule is CCN(CC)c1ccc([C@H](CF)N2CCNCC2)cc1.Cl.Cl. The normalized spacial score (nSPS) is 16.3. The molecule has 0 amide bonds. The second-order valence-corrected chi connectivity index (χ2v) is 5.22. The highest BCUT2D eigenvalue weighted by molar-refractivity contribution is 5.85. The van der Waals surface area contributed by atoms with Crippen LogP contribution in [0.2, 0.25) is 0 Å². The topological polar surface area (TPSA) is 18.5 Å². The van der Waals surface area contributed by atoms with Gasteiger partial charge in [0.25, 0.3) is 0 Å². The quantitative estimate of drug-likeness (QED) is 0.848. The van der Waals surface area contributed by atoms with Gasteiger partial charge in [-0.2, -0.15) is 0 Å². The molecule has 0 radical (unpaired) electrons. The summed E-state index contributed by atoms with van der Waals surface area (Å²) in [4.78, 5) is 4.54. The first-order valence-corrected chi connectivity index (χ1v) is 7.65. The van der Waals surface area contributed by atoms with E-state index in [1.807, 2.05) is 0 Å². The molecule has 1 heterocycles. The summed E-state index contributed by atoms with van der Waals surface area (Å²) in [6.45, 7) is 9.75. The van der Waals surface area contributed by atoms with Crippen LogP contribution in [0.4, 0.5) is 10.1 Å². The lowest BCUT2D eigenvalue weighted by Gasteiger charge is -2.34. The number of benzene rings is 1. The summed E-state index contributed by atoms with van der Waals surface area (Å²) in [6, 6.07) is 8.31. The van der Waals surface area contributed by atoms with Gasteiger partial charge >= 0.3 is 0 Å². The van der Waals surface area contributed by atoms with E-state index in [4.69, 9.17) is 0 Å². The van der Waals surface area contributed by atoms with Crippen LogP contribution in [0.1, 0.15) is 25.5 Å². The van der Waals surface area contributed by atoms with E-state index in [2.05, 4.69) is 53.2 Å². The molecule has 0 aliphatic carbocycles. The molecule has 0 bridgehead atoms. The molecule has 1 aromatic carbocycles. The Labute approximate surface area is 146 Å². The highest BCUT2D eigenvalue weighted by Gasteiger charge is 2.22. The lowest BCUT2D eigenvalue weighted by atomic mass is 10.0. The second kappa shape index (κ2) is 11.1. The minimum Gasteiger partial charge on any atom is -0.372 e. The third kappa shape index (κ3) is 5.27. The maximum absolute atomic E-state index is 13.4. The first kappa shape index (κ1) is 21.4. The number of nitrogens with one attached hydrogen (secondary N) is 1. The zero-order valence-corrected chi connectivity index (χ0v) is 15.1. The molecule has 1 aliphatic rings. The first-order chi connectivity index (χ1) is 9.80. The van der Waals surface area contributed by atoms with E-state index in [1.54, 1.807) is 0 Å². The Hall–Kier alpha value is -0.550. The van der Waals surface area contributed by atoms with Crippen LogP contribution in [0.3, 0.4) is 0 Å². The number of halogens is 3. The summed E-state index contributed by atoms with van der Waals surface area (Å²) in [5.74, 6) is 0. The van der Waals surface area contributed by atoms with Crippen LogP contribution in [-0.2, 0) is 0 Å². The Morgan fingerprint density at radius 1 is 1.09 bits per heavy atom. The number of piperazine rings is 1. The zero-order valence-electron chi connectivity index (χ0n) is 13.4. The van der Waals surface area contributed by atoms with Crippen LogP contribution in [0.25, 0.3) is 0 Å². The number of hydrogen-bond acceptors (Lipinski definition) is 3. The minimum absolute atomic E-state index is 0. The maximum atomic E-state index is 13.4. The number of hydrogen-bond donors (Lipinski definition) is 1. The van der Waals surface area contributed by atoms with Crippen LogP contribution in [-0.4, -0.2) is 50.8 Å². The van der Waals surface area contributed by atoms with Gasteiger partial charge in [-0.3, -0.25) is 4.90 Å². The lowest BCUT2D eigenvalue weighted by Crippen LogP contribution is -2.45. The lowest BCUT2D eigenvalue weighted by molar-refractivity contribution is 0.147. The minimum atomic E-state index is -0.315. The van der Waals surface area contributed by atoms with Gasteiger partial charge in [-0.1, -0.05) is 12.1 Å². The maximum Gasteiger partial charge on any atom is 0.109 e. The molecule has 0 aromatic heterocycles. The van der Waals surface area contributed by atoms with Crippen LogP contribution >= 0.6 is 24.8 Å². The molecule has 128 valence electrons. The monoisotopic (exact) mass is 351 g/mol. The van der Waals surface area contributed by atoms with Gasteiger partial charge in [0.05, 0.1) is 6.04 Å². The molecule has 1 saturated heterocycles. The predicted molar refractivity (Wildman–Crippen MR) is 97.7 cm³/mol. The molecular formula is C16H28Cl2FN3. The van der Waals surface area contributed by atoms with E-state index in [-0.39, 0.29) is 37.5 Å². The van der Waals surface area contributed by atoms with Crippen molar-refractivity contribution < 1.29 is 4.39 Å². The smallest absolute Gasteiger partial charge is 0.109 e. The van der Waals surface area contributed by atoms with Gasteiger partial charge in [0, 0.05) is 45.0 Å². The third-order valence-corrected chi connectivity index (χ3v) is 4.14. The summed E-state index contributed by atoms with van der Waals surface area (Å²) < 4.78 is 13.4. The number of alkyl halides is 1. The Morgan fingerprint density at radius 2 is 1.64 bits per heavy atom. The number of nitrogens with zero attached hydrogens (tertiary/aromatic N) is 2. The van der Waals surface area contributed by atoms with Gasteiger partial charge in [-0.15, -0.1) is 24.8 Å². The fraction of sp³-hybridized carbons (Fsp3) is 0.625. The van der Waals surface area contributed by atoms with Gasteiger partial charge in [-0.05, 0) is 31.5 Å². The van der Waals surface area contributed by atoms with Crippen molar-refractivity contribution in [1.29, 1.82) is 0 Å². The van der Waals surface area contributed by atoms with E-state index in [0.717, 1.165) is 44.8 Å². The van der Waals surface area contributed by atoms with E-state index < -0.39 is 0 Å². The summed E-state index contributed by atoms with van der Waals surface area (Å²) in [5, 5.41) is 3.31. The van der Waals surface area contributed by atoms with Crippen LogP contribution in [0.15, 0.2) is 24.3 Å². The molecule has 22 heavy (non-hydrogen) atoms. The molecule has 3 nitrogen and oxygen atoms in total. The largest absolute Gasteiger partial charge is 0.372 e. The van der Waals surface area contributed by atoms with Crippen molar-refractivity contribution in [2.24, 2.45) is 0 Å². The van der Waals surface area contributed by atoms with E-state index in [9.17, 15) is 4.39 Å². The van der Waals surface area contributed by atoms with E-state index in [0.29, 0.717) is 0 Å². The highest BCUT2D eigenvalue weighted by atomic mass is 35.5. The van der Waals surface area contributed by atoms with Crippen LogP contribution < -0.4 is 10.2 Å². The molecule has 2 rings (SSSR count). The van der Waals surface area contributed by atoms with Crippen molar-refractivity contribution in [1.82, 2.24) is 10.2 Å². The molecule has 1 fully saturated rings. The Morgan fingerprint density at radius 3 is 2.09 bits per heavy atom. The van der Waals surface area contributed by atoms with Gasteiger partial charge in [0.15, 0.2) is 0 Å². The first-order valence-electron chi connectivity index (χ1n) is 7.65. The van der Waals surface area contributed by atoms with Crippen molar-refractivity contribution in [3.05, 3.63) is 29.8 Å². The Kier molecular flexibility index (Phi) is 10.8. The van der Waals surface area contributed by atoms with Gasteiger partial charge in [0.2, 0.25) is 0 Å². The van der Waals surface area contributed by atoms with Gasteiger partial charge in [0.1, 0.15) is 6.67 Å². The molecule has 0 spiro atoms. The van der Waals surface area contributed by atoms with Crippen LogP contribution in [0.5, 0.6) is 0 Å². The fourth-order valence-electron chi connectivity index (χ4n) is 2.89. The van der Waals surface area contributed by atoms with E-state index >= 15 is 0 Å². The molecule has 0 unspecified atom stereocenters. The summed E-state index contributed by atoms with van der Waals surface area (Å²) in [5.41, 5.74) is 2.31. The molecule has 1 atom stereocenters. The molecular weight excluding hydrogens is 324 g/mol. The van der Waals surface area contributed by atoms with Crippen molar-refractivity contribution in [2.45, 2.75) is 19.9 Å². The standard InChI is InChI=1S/C16H26FN3.2ClH/c1-3-19(4-2)15-7-5-14(6-8-15)16(13-17)20-11-9-18-10-12-20;;/h5-8,16,18H,3-4,9-13H2,1-2H3;2*1H/t16-;;/m0../s1. The van der Waals surface area contributed by atoms with Crippen molar-refractivity contribution in [3.63, 3.8) is 0 Å². The van der Waals surface area contributed by atoms with Gasteiger partial charge in [-0.25, -0.2) is 4.39 Å². The predicted octanol–water partition coefficient (Wildman–Crippen LogP) is 3.29. The average molecular weight is 352 g/mol. The fourth-order valence-corrected chi connectivity index (χ4v) is 2.89. The Bertz CT molecular complexity index is 393. The van der Waals surface area contributed by atoms with Crippen LogP contribution in [0, 0.1) is 0 Å². The highest BCUT2D eigenvalue weighted by Crippen LogP contribution is 2.24.